The number of unbranched alkanes of at least 4 members (excludes halogenated alkanes) is 2. The molecule has 4 rings (SSSR count). The number of benzene rings is 2. The highest BCUT2D eigenvalue weighted by Gasteiger charge is 2.31. The van der Waals surface area contributed by atoms with Crippen molar-refractivity contribution in [2.24, 2.45) is 17.8 Å². The van der Waals surface area contributed by atoms with Gasteiger partial charge in [0.1, 0.15) is 24.8 Å². The molecule has 0 aromatic heterocycles. The van der Waals surface area contributed by atoms with Gasteiger partial charge in [-0.3, -0.25) is 0 Å². The number of carbonyl (C=O) groups excluding carboxylic acids is 1. The quantitative estimate of drug-likeness (QED) is 0.154. The van der Waals surface area contributed by atoms with Crippen LogP contribution in [0.15, 0.2) is 49.1 Å². The van der Waals surface area contributed by atoms with Gasteiger partial charge in [-0.05, 0) is 91.5 Å². The van der Waals surface area contributed by atoms with Crippen LogP contribution in [0.3, 0.4) is 0 Å². The zero-order valence-corrected chi connectivity index (χ0v) is 24.2. The van der Waals surface area contributed by atoms with Crippen LogP contribution < -0.4 is 4.74 Å². The van der Waals surface area contributed by atoms with Crippen molar-refractivity contribution in [1.29, 1.82) is 0 Å². The van der Waals surface area contributed by atoms with Gasteiger partial charge in [-0.2, -0.15) is 0 Å². The summed E-state index contributed by atoms with van der Waals surface area (Å²) in [6.07, 6.45) is 17.1. The van der Waals surface area contributed by atoms with Gasteiger partial charge < -0.3 is 14.6 Å². The summed E-state index contributed by atoms with van der Waals surface area (Å²) in [5.41, 5.74) is 2.91. The van der Waals surface area contributed by atoms with Crippen LogP contribution in [0.1, 0.15) is 101 Å². The van der Waals surface area contributed by atoms with Gasteiger partial charge in [-0.1, -0.05) is 70.2 Å². The van der Waals surface area contributed by atoms with E-state index in [1.165, 1.54) is 64.2 Å². The summed E-state index contributed by atoms with van der Waals surface area (Å²) >= 11 is 0. The number of ether oxygens (including phenoxy) is 2. The number of aliphatic hydroxyl groups is 1. The van der Waals surface area contributed by atoms with Crippen molar-refractivity contribution in [2.45, 2.75) is 96.5 Å². The lowest BCUT2D eigenvalue weighted by molar-refractivity contribution is -0.139. The Bertz CT molecular complexity index is 1100. The molecule has 2 aliphatic rings. The fourth-order valence-corrected chi connectivity index (χ4v) is 6.94. The maximum absolute atomic E-state index is 15.4. The predicted octanol–water partition coefficient (Wildman–Crippen LogP) is 8.75. The number of hydrogen-bond donors (Lipinski definition) is 1. The van der Waals surface area contributed by atoms with Gasteiger partial charge in [0.2, 0.25) is 0 Å². The number of halogens is 1. The molecule has 0 aliphatic heterocycles. The number of rotatable bonds is 13. The molecule has 0 spiro atoms. The summed E-state index contributed by atoms with van der Waals surface area (Å²) in [6, 6.07) is 11.0. The first-order chi connectivity index (χ1) is 19.5. The van der Waals surface area contributed by atoms with Crippen molar-refractivity contribution in [3.63, 3.8) is 0 Å². The highest BCUT2D eigenvalue weighted by Crippen LogP contribution is 2.45. The Morgan fingerprint density at radius 3 is 2.38 bits per heavy atom. The molecular formula is C35H47FO4. The summed E-state index contributed by atoms with van der Waals surface area (Å²) in [5.74, 6) is 2.84. The van der Waals surface area contributed by atoms with Crippen LogP contribution in [0.25, 0.3) is 11.1 Å². The third kappa shape index (κ3) is 8.19. The van der Waals surface area contributed by atoms with Crippen molar-refractivity contribution >= 4 is 5.97 Å². The van der Waals surface area contributed by atoms with Crippen LogP contribution in [0.5, 0.6) is 5.75 Å². The SMILES string of the molecule is C=CC(=O)OCc1cc(-c2ccc(C3CCC(C4CCC(CCCCC)CC4)CC3)cc2F)ccc1OCCO. The second-order valence-corrected chi connectivity index (χ2v) is 11.8. The average molecular weight is 551 g/mol. The second-order valence-electron chi connectivity index (χ2n) is 11.8. The van der Waals surface area contributed by atoms with E-state index in [0.717, 1.165) is 42.2 Å². The largest absolute Gasteiger partial charge is 0.491 e. The summed E-state index contributed by atoms with van der Waals surface area (Å²) in [4.78, 5) is 11.6. The van der Waals surface area contributed by atoms with Crippen LogP contribution in [-0.4, -0.2) is 24.3 Å². The zero-order chi connectivity index (χ0) is 28.3. The minimum absolute atomic E-state index is 0.0249. The molecule has 1 N–H and O–H groups in total. The van der Waals surface area contributed by atoms with Gasteiger partial charge >= 0.3 is 5.97 Å². The van der Waals surface area contributed by atoms with Crippen molar-refractivity contribution in [2.75, 3.05) is 13.2 Å². The minimum atomic E-state index is -0.543. The topological polar surface area (TPSA) is 55.8 Å². The van der Waals surface area contributed by atoms with Gasteiger partial charge in [-0.15, -0.1) is 0 Å². The molecular weight excluding hydrogens is 503 g/mol. The average Bonchev–Trinajstić information content (AvgIpc) is 2.99. The Hall–Kier alpha value is -2.66. The van der Waals surface area contributed by atoms with Crippen molar-refractivity contribution in [3.8, 4) is 16.9 Å². The lowest BCUT2D eigenvalue weighted by atomic mass is 9.68. The highest BCUT2D eigenvalue weighted by atomic mass is 19.1. The van der Waals surface area contributed by atoms with Crippen LogP contribution in [0.4, 0.5) is 4.39 Å². The number of hydrogen-bond acceptors (Lipinski definition) is 4. The highest BCUT2D eigenvalue weighted by molar-refractivity contribution is 5.81. The summed E-state index contributed by atoms with van der Waals surface area (Å²) in [6.45, 7) is 5.67. The smallest absolute Gasteiger partial charge is 0.330 e. The van der Waals surface area contributed by atoms with E-state index >= 15 is 4.39 Å². The molecule has 218 valence electrons. The van der Waals surface area contributed by atoms with Gasteiger partial charge in [-0.25, -0.2) is 9.18 Å². The molecule has 0 heterocycles. The van der Waals surface area contributed by atoms with Crippen LogP contribution in [-0.2, 0) is 16.1 Å². The summed E-state index contributed by atoms with van der Waals surface area (Å²) in [5, 5.41) is 9.13. The molecule has 2 fully saturated rings. The molecule has 0 atom stereocenters. The normalized spacial score (nSPS) is 23.0. The Balaban J connectivity index is 1.35. The van der Waals surface area contributed by atoms with Crippen LogP contribution in [0, 0.1) is 23.6 Å². The number of esters is 1. The van der Waals surface area contributed by atoms with E-state index in [1.807, 2.05) is 6.07 Å². The maximum Gasteiger partial charge on any atom is 0.330 e. The third-order valence-electron chi connectivity index (χ3n) is 9.27. The first kappa shape index (κ1) is 30.3. The van der Waals surface area contributed by atoms with E-state index in [1.54, 1.807) is 24.3 Å². The van der Waals surface area contributed by atoms with E-state index in [2.05, 4.69) is 19.6 Å². The lowest BCUT2D eigenvalue weighted by Crippen LogP contribution is -2.25. The zero-order valence-electron chi connectivity index (χ0n) is 24.2. The Labute approximate surface area is 240 Å². The Morgan fingerprint density at radius 1 is 1.00 bits per heavy atom. The van der Waals surface area contributed by atoms with Gasteiger partial charge in [0, 0.05) is 17.2 Å². The van der Waals surface area contributed by atoms with E-state index in [4.69, 9.17) is 14.6 Å². The van der Waals surface area contributed by atoms with E-state index in [0.29, 0.717) is 28.4 Å². The summed E-state index contributed by atoms with van der Waals surface area (Å²) < 4.78 is 26.2. The predicted molar refractivity (Wildman–Crippen MR) is 159 cm³/mol. The van der Waals surface area contributed by atoms with E-state index < -0.39 is 5.97 Å². The molecule has 0 bridgehead atoms. The molecule has 2 aliphatic carbocycles. The fraction of sp³-hybridized carbons (Fsp3) is 0.571. The fourth-order valence-electron chi connectivity index (χ4n) is 6.94. The maximum atomic E-state index is 15.4. The van der Waals surface area contributed by atoms with Crippen molar-refractivity contribution < 1.29 is 23.8 Å². The molecule has 40 heavy (non-hydrogen) atoms. The van der Waals surface area contributed by atoms with Crippen molar-refractivity contribution in [1.82, 2.24) is 0 Å². The monoisotopic (exact) mass is 550 g/mol. The molecule has 2 aromatic rings. The number of carbonyl (C=O) groups is 1. The molecule has 0 unspecified atom stereocenters. The van der Waals surface area contributed by atoms with Crippen LogP contribution >= 0.6 is 0 Å². The van der Waals surface area contributed by atoms with Crippen molar-refractivity contribution in [3.05, 3.63) is 66.0 Å². The molecule has 0 radical (unpaired) electrons. The molecule has 0 saturated heterocycles. The second kappa shape index (κ2) is 15.4. The molecule has 2 saturated carbocycles. The first-order valence-electron chi connectivity index (χ1n) is 15.5. The van der Waals surface area contributed by atoms with E-state index in [-0.39, 0.29) is 25.6 Å². The van der Waals surface area contributed by atoms with Gasteiger partial charge in [0.25, 0.3) is 0 Å². The van der Waals surface area contributed by atoms with Gasteiger partial charge in [0.05, 0.1) is 6.61 Å². The molecule has 0 amide bonds. The molecule has 5 heteroatoms. The molecule has 2 aromatic carbocycles. The van der Waals surface area contributed by atoms with Gasteiger partial charge in [0.15, 0.2) is 0 Å². The minimum Gasteiger partial charge on any atom is -0.491 e. The first-order valence-corrected chi connectivity index (χ1v) is 15.5. The van der Waals surface area contributed by atoms with Crippen LogP contribution in [0.2, 0.25) is 0 Å². The van der Waals surface area contributed by atoms with E-state index in [9.17, 15) is 4.79 Å². The summed E-state index contributed by atoms with van der Waals surface area (Å²) in [7, 11) is 0. The Morgan fingerprint density at radius 2 is 1.73 bits per heavy atom. The standard InChI is InChI=1S/C35H47FO4/c1-3-5-6-7-25-8-10-26(11-9-25)27-12-14-28(15-13-27)29-16-18-32(33(36)23-29)30-17-19-34(39-21-20-37)31(22-30)24-40-35(38)4-2/h4,16-19,22-23,25-28,37H,2-3,5-15,20-21,24H2,1H3. The Kier molecular flexibility index (Phi) is 11.6. The number of aliphatic hydroxyl groups excluding tert-OH is 1. The molecule has 4 nitrogen and oxygen atoms in total. The lowest BCUT2D eigenvalue weighted by Gasteiger charge is -2.38. The third-order valence-corrected chi connectivity index (χ3v) is 9.27.